The molecule has 0 bridgehead atoms. The fourth-order valence-electron chi connectivity index (χ4n) is 2.60. The minimum atomic E-state index is -1.40. The van der Waals surface area contributed by atoms with E-state index in [4.69, 9.17) is 0 Å². The molecule has 0 amide bonds. The van der Waals surface area contributed by atoms with E-state index >= 15 is 0 Å². The van der Waals surface area contributed by atoms with E-state index in [1.54, 1.807) is 0 Å². The van der Waals surface area contributed by atoms with Crippen molar-refractivity contribution < 1.29 is 13.2 Å². The molecule has 0 aromatic heterocycles. The minimum absolute atomic E-state index is 0.421. The smallest absolute Gasteiger partial charge is 0.194 e. The molecule has 2 nitrogen and oxygen atoms in total. The highest BCUT2D eigenvalue weighted by atomic mass is 19.2. The summed E-state index contributed by atoms with van der Waals surface area (Å²) >= 11 is 0. The van der Waals surface area contributed by atoms with Gasteiger partial charge in [0.2, 0.25) is 0 Å². The van der Waals surface area contributed by atoms with Crippen LogP contribution in [0.25, 0.3) is 0 Å². The van der Waals surface area contributed by atoms with Crippen LogP contribution in [0.4, 0.5) is 13.2 Å². The summed E-state index contributed by atoms with van der Waals surface area (Å²) in [6.45, 7) is 3.34. The van der Waals surface area contributed by atoms with Crippen LogP contribution in [0.3, 0.4) is 0 Å². The average Bonchev–Trinajstić information content (AvgIpc) is 2.37. The molecule has 0 spiro atoms. The monoisotopic (exact) mass is 272 g/mol. The van der Waals surface area contributed by atoms with Crippen molar-refractivity contribution in [3.63, 3.8) is 0 Å². The summed E-state index contributed by atoms with van der Waals surface area (Å²) in [6.07, 6.45) is 2.34. The zero-order valence-electron chi connectivity index (χ0n) is 11.1. The maximum absolute atomic E-state index is 13.1. The topological polar surface area (TPSA) is 15.3 Å². The molecule has 0 saturated carbocycles. The zero-order valence-corrected chi connectivity index (χ0v) is 11.1. The number of benzene rings is 1. The second kappa shape index (κ2) is 6.39. The predicted octanol–water partition coefficient (Wildman–Crippen LogP) is 2.54. The first-order chi connectivity index (χ1) is 9.06. The Morgan fingerprint density at radius 1 is 1.26 bits per heavy atom. The highest BCUT2D eigenvalue weighted by molar-refractivity contribution is 5.19. The molecule has 106 valence electrons. The van der Waals surface area contributed by atoms with E-state index in [0.29, 0.717) is 18.0 Å². The average molecular weight is 272 g/mol. The summed E-state index contributed by atoms with van der Waals surface area (Å²) < 4.78 is 39.1. The largest absolute Gasteiger partial charge is 0.316 e. The van der Waals surface area contributed by atoms with Gasteiger partial charge >= 0.3 is 0 Å². The molecule has 1 atom stereocenters. The van der Waals surface area contributed by atoms with Crippen LogP contribution in [0.15, 0.2) is 12.1 Å². The van der Waals surface area contributed by atoms with Gasteiger partial charge in [-0.05, 0) is 56.6 Å². The Kier molecular flexibility index (Phi) is 4.82. The Balaban J connectivity index is 1.92. The van der Waals surface area contributed by atoms with E-state index in [9.17, 15) is 13.2 Å². The summed E-state index contributed by atoms with van der Waals surface area (Å²) in [5.74, 6) is -3.08. The van der Waals surface area contributed by atoms with Gasteiger partial charge in [0.15, 0.2) is 17.5 Å². The lowest BCUT2D eigenvalue weighted by molar-refractivity contribution is 0.237. The number of piperidine rings is 1. The summed E-state index contributed by atoms with van der Waals surface area (Å²) in [4.78, 5) is 2.02. The van der Waals surface area contributed by atoms with Crippen LogP contribution in [0.5, 0.6) is 0 Å². The molecule has 1 unspecified atom stereocenters. The molecular formula is C14H19F3N2. The molecule has 1 aromatic carbocycles. The third-order valence-corrected chi connectivity index (χ3v) is 3.46. The first-order valence-corrected chi connectivity index (χ1v) is 6.59. The van der Waals surface area contributed by atoms with Crippen molar-refractivity contribution in [1.82, 2.24) is 10.2 Å². The molecular weight excluding hydrogens is 253 g/mol. The molecule has 1 heterocycles. The van der Waals surface area contributed by atoms with E-state index < -0.39 is 17.5 Å². The van der Waals surface area contributed by atoms with Crippen LogP contribution in [0, 0.1) is 23.4 Å². The number of halogens is 3. The van der Waals surface area contributed by atoms with Crippen molar-refractivity contribution in [1.29, 1.82) is 0 Å². The number of nitrogens with zero attached hydrogens (tertiary/aromatic N) is 1. The van der Waals surface area contributed by atoms with Gasteiger partial charge in [0.1, 0.15) is 0 Å². The lowest BCUT2D eigenvalue weighted by Crippen LogP contribution is -2.36. The zero-order chi connectivity index (χ0) is 13.8. The second-order valence-corrected chi connectivity index (χ2v) is 5.28. The molecule has 1 fully saturated rings. The van der Waals surface area contributed by atoms with Gasteiger partial charge in [0.25, 0.3) is 0 Å². The first kappa shape index (κ1) is 14.3. The molecule has 1 aliphatic heterocycles. The van der Waals surface area contributed by atoms with E-state index in [1.807, 2.05) is 11.9 Å². The summed E-state index contributed by atoms with van der Waals surface area (Å²) in [5, 5.41) is 3.33. The van der Waals surface area contributed by atoms with Crippen LogP contribution in [0.2, 0.25) is 0 Å². The number of hydrogen-bond acceptors (Lipinski definition) is 2. The van der Waals surface area contributed by atoms with Crippen molar-refractivity contribution in [2.24, 2.45) is 5.92 Å². The highest BCUT2D eigenvalue weighted by Gasteiger charge is 2.16. The molecule has 2 rings (SSSR count). The minimum Gasteiger partial charge on any atom is -0.316 e. The highest BCUT2D eigenvalue weighted by Crippen LogP contribution is 2.16. The Morgan fingerprint density at radius 3 is 2.53 bits per heavy atom. The van der Waals surface area contributed by atoms with Crippen molar-refractivity contribution in [3.8, 4) is 0 Å². The lowest BCUT2D eigenvalue weighted by Gasteiger charge is -2.27. The maximum atomic E-state index is 13.1. The van der Waals surface area contributed by atoms with Crippen LogP contribution in [-0.4, -0.2) is 31.6 Å². The van der Waals surface area contributed by atoms with Gasteiger partial charge in [0.05, 0.1) is 0 Å². The molecule has 19 heavy (non-hydrogen) atoms. The second-order valence-electron chi connectivity index (χ2n) is 5.28. The molecule has 0 aliphatic carbocycles. The van der Waals surface area contributed by atoms with E-state index in [0.717, 1.165) is 38.2 Å². The Labute approximate surface area is 111 Å². The fourth-order valence-corrected chi connectivity index (χ4v) is 2.60. The van der Waals surface area contributed by atoms with Crippen LogP contribution >= 0.6 is 0 Å². The predicted molar refractivity (Wildman–Crippen MR) is 68.2 cm³/mol. The van der Waals surface area contributed by atoms with Gasteiger partial charge in [-0.15, -0.1) is 0 Å². The fraction of sp³-hybridized carbons (Fsp3) is 0.571. The van der Waals surface area contributed by atoms with Gasteiger partial charge in [-0.1, -0.05) is 0 Å². The van der Waals surface area contributed by atoms with E-state index in [1.165, 1.54) is 6.42 Å². The number of hydrogen-bond donors (Lipinski definition) is 1. The summed E-state index contributed by atoms with van der Waals surface area (Å²) in [7, 11) is 1.91. The quantitative estimate of drug-likeness (QED) is 0.847. The Hall–Kier alpha value is -1.07. The summed E-state index contributed by atoms with van der Waals surface area (Å²) in [5.41, 5.74) is 0.461. The number of nitrogens with one attached hydrogen (secondary N) is 1. The SMILES string of the molecule is CN(Cc1cc(F)c(F)c(F)c1)CC1CCCNC1. The third kappa shape index (κ3) is 3.94. The molecule has 5 heteroatoms. The van der Waals surface area contributed by atoms with Crippen LogP contribution in [0.1, 0.15) is 18.4 Å². The molecule has 1 aromatic rings. The van der Waals surface area contributed by atoms with Crippen LogP contribution < -0.4 is 5.32 Å². The van der Waals surface area contributed by atoms with Crippen molar-refractivity contribution >= 4 is 0 Å². The maximum Gasteiger partial charge on any atom is 0.194 e. The van der Waals surface area contributed by atoms with Crippen molar-refractivity contribution in [2.45, 2.75) is 19.4 Å². The Bertz CT molecular complexity index is 408. The summed E-state index contributed by atoms with van der Waals surface area (Å²) in [6, 6.07) is 2.13. The molecule has 1 saturated heterocycles. The van der Waals surface area contributed by atoms with Gasteiger partial charge < -0.3 is 10.2 Å². The standard InChI is InChI=1S/C14H19F3N2/c1-19(8-10-3-2-4-18-7-10)9-11-5-12(15)14(17)13(16)6-11/h5-6,10,18H,2-4,7-9H2,1H3. The Morgan fingerprint density at radius 2 is 1.95 bits per heavy atom. The van der Waals surface area contributed by atoms with Crippen molar-refractivity contribution in [3.05, 3.63) is 35.1 Å². The van der Waals surface area contributed by atoms with E-state index in [2.05, 4.69) is 5.32 Å². The first-order valence-electron chi connectivity index (χ1n) is 6.59. The lowest BCUT2D eigenvalue weighted by atomic mass is 9.99. The molecule has 0 radical (unpaired) electrons. The molecule has 1 aliphatic rings. The van der Waals surface area contributed by atoms with Gasteiger partial charge in [-0.3, -0.25) is 0 Å². The molecule has 1 N–H and O–H groups in total. The number of rotatable bonds is 4. The third-order valence-electron chi connectivity index (χ3n) is 3.46. The van der Waals surface area contributed by atoms with Crippen LogP contribution in [-0.2, 0) is 6.54 Å². The van der Waals surface area contributed by atoms with Crippen molar-refractivity contribution in [2.75, 3.05) is 26.7 Å². The van der Waals surface area contributed by atoms with Gasteiger partial charge in [-0.2, -0.15) is 0 Å². The van der Waals surface area contributed by atoms with Gasteiger partial charge in [0, 0.05) is 13.1 Å². The van der Waals surface area contributed by atoms with Gasteiger partial charge in [-0.25, -0.2) is 13.2 Å². The van der Waals surface area contributed by atoms with E-state index in [-0.39, 0.29) is 0 Å². The normalized spacial score (nSPS) is 19.9.